The molecule has 1 heterocycles. The van der Waals surface area contributed by atoms with E-state index < -0.39 is 12.0 Å². The molecule has 0 radical (unpaired) electrons. The number of allylic oxidation sites excluding steroid dienone is 1. The molecule has 2 atom stereocenters. The fourth-order valence-electron chi connectivity index (χ4n) is 2.89. The first-order valence-electron chi connectivity index (χ1n) is 8.79. The molecule has 0 bridgehead atoms. The summed E-state index contributed by atoms with van der Waals surface area (Å²) < 4.78 is 0. The fourth-order valence-corrected chi connectivity index (χ4v) is 5.97. The van der Waals surface area contributed by atoms with Gasteiger partial charge in [-0.3, -0.25) is 14.5 Å². The van der Waals surface area contributed by atoms with E-state index in [0.29, 0.717) is 13.1 Å². The summed E-state index contributed by atoms with van der Waals surface area (Å²) in [5.41, 5.74) is 2.06. The Balaban J connectivity index is 1.91. The van der Waals surface area contributed by atoms with E-state index in [4.69, 9.17) is 11.6 Å². The molecule has 1 aromatic carbocycles. The molecular formula is C19H23ClN2O4S2. The van der Waals surface area contributed by atoms with Gasteiger partial charge in [0.25, 0.3) is 0 Å². The number of hydrogen-bond acceptors (Lipinski definition) is 6. The van der Waals surface area contributed by atoms with Crippen LogP contribution in [0.15, 0.2) is 35.9 Å². The Labute approximate surface area is 177 Å². The van der Waals surface area contributed by atoms with E-state index in [0.717, 1.165) is 35.4 Å². The van der Waals surface area contributed by atoms with Gasteiger partial charge in [0.05, 0.1) is 0 Å². The first-order valence-corrected chi connectivity index (χ1v) is 11.5. The Morgan fingerprint density at radius 3 is 2.82 bits per heavy atom. The number of nitrogens with one attached hydrogen (secondary N) is 1. The molecule has 0 aliphatic carbocycles. The average molecular weight is 443 g/mol. The van der Waals surface area contributed by atoms with E-state index in [-0.39, 0.29) is 16.9 Å². The topological polar surface area (TPSA) is 86.7 Å². The van der Waals surface area contributed by atoms with Crippen molar-refractivity contribution < 1.29 is 19.5 Å². The van der Waals surface area contributed by atoms with Crippen LogP contribution in [0.3, 0.4) is 0 Å². The lowest BCUT2D eigenvalue weighted by Gasteiger charge is -2.34. The van der Waals surface area contributed by atoms with Crippen molar-refractivity contribution in [2.75, 3.05) is 18.8 Å². The number of likely N-dealkylation sites (tertiary alicyclic amines) is 1. The van der Waals surface area contributed by atoms with Gasteiger partial charge in [-0.15, -0.1) is 0 Å². The number of carboxylic acids is 1. The van der Waals surface area contributed by atoms with Crippen molar-refractivity contribution in [2.24, 2.45) is 0 Å². The molecule has 1 aliphatic heterocycles. The van der Waals surface area contributed by atoms with Crippen LogP contribution in [-0.4, -0.2) is 58.3 Å². The quantitative estimate of drug-likeness (QED) is 0.345. The lowest BCUT2D eigenvalue weighted by Crippen LogP contribution is -2.41. The second kappa shape index (κ2) is 11.5. The molecular weight excluding hydrogens is 420 g/mol. The summed E-state index contributed by atoms with van der Waals surface area (Å²) in [6.45, 7) is 3.53. The number of nitrogens with zero attached hydrogens (tertiary/aromatic N) is 1. The van der Waals surface area contributed by atoms with Crippen LogP contribution in [0.2, 0.25) is 5.02 Å². The maximum Gasteiger partial charge on any atom is 0.327 e. The largest absolute Gasteiger partial charge is 0.480 e. The van der Waals surface area contributed by atoms with Gasteiger partial charge in [0.1, 0.15) is 12.3 Å². The Morgan fingerprint density at radius 1 is 1.43 bits per heavy atom. The van der Waals surface area contributed by atoms with Crippen LogP contribution < -0.4 is 5.32 Å². The van der Waals surface area contributed by atoms with Crippen LogP contribution in [0.5, 0.6) is 0 Å². The minimum atomic E-state index is -1.05. The minimum Gasteiger partial charge on any atom is -0.480 e. The molecule has 6 nitrogen and oxygen atoms in total. The zero-order valence-electron chi connectivity index (χ0n) is 15.5. The van der Waals surface area contributed by atoms with E-state index in [9.17, 15) is 19.5 Å². The number of aliphatic carboxylic acids is 1. The zero-order chi connectivity index (χ0) is 20.5. The molecule has 152 valence electrons. The third-order valence-electron chi connectivity index (χ3n) is 4.26. The van der Waals surface area contributed by atoms with Crippen molar-refractivity contribution in [3.05, 3.63) is 46.5 Å². The Kier molecular flexibility index (Phi) is 9.37. The van der Waals surface area contributed by atoms with Gasteiger partial charge in [-0.1, -0.05) is 51.4 Å². The molecule has 1 unspecified atom stereocenters. The summed E-state index contributed by atoms with van der Waals surface area (Å²) in [4.78, 5) is 35.7. The fraction of sp³-hybridized carbons (Fsp3) is 0.421. The third kappa shape index (κ3) is 7.16. The van der Waals surface area contributed by atoms with Gasteiger partial charge in [-0.25, -0.2) is 4.79 Å². The molecule has 1 saturated heterocycles. The average Bonchev–Trinajstić information content (AvgIpc) is 2.64. The van der Waals surface area contributed by atoms with Crippen molar-refractivity contribution in [2.45, 2.75) is 31.2 Å². The summed E-state index contributed by atoms with van der Waals surface area (Å²) in [7, 11) is 2.95. The summed E-state index contributed by atoms with van der Waals surface area (Å²) >= 11 is 6.25. The van der Waals surface area contributed by atoms with E-state index in [1.165, 1.54) is 17.7 Å². The smallest absolute Gasteiger partial charge is 0.327 e. The number of benzene rings is 1. The van der Waals surface area contributed by atoms with Crippen LogP contribution in [-0.2, 0) is 20.9 Å². The van der Waals surface area contributed by atoms with Gasteiger partial charge < -0.3 is 10.4 Å². The van der Waals surface area contributed by atoms with Crippen molar-refractivity contribution in [1.82, 2.24) is 10.2 Å². The van der Waals surface area contributed by atoms with E-state index in [2.05, 4.69) is 10.2 Å². The number of halogens is 1. The zero-order valence-corrected chi connectivity index (χ0v) is 17.9. The summed E-state index contributed by atoms with van der Waals surface area (Å²) in [5, 5.41) is 12.5. The minimum absolute atomic E-state index is 0.129. The number of carboxylic acid groups (broad SMARTS) is 1. The number of piperidine rings is 1. The molecule has 1 aromatic rings. The molecule has 0 saturated carbocycles. The monoisotopic (exact) mass is 442 g/mol. The Bertz CT molecular complexity index is 744. The van der Waals surface area contributed by atoms with Gasteiger partial charge in [0.15, 0.2) is 0 Å². The highest BCUT2D eigenvalue weighted by Crippen LogP contribution is 2.36. The molecule has 28 heavy (non-hydrogen) atoms. The predicted molar refractivity (Wildman–Crippen MR) is 115 cm³/mol. The predicted octanol–water partition coefficient (Wildman–Crippen LogP) is 3.01. The summed E-state index contributed by atoms with van der Waals surface area (Å²) in [5.74, 6) is -1.16. The summed E-state index contributed by atoms with van der Waals surface area (Å²) in [6.07, 6.45) is 3.24. The van der Waals surface area contributed by atoms with Gasteiger partial charge >= 0.3 is 5.97 Å². The molecule has 9 heteroatoms. The van der Waals surface area contributed by atoms with E-state index in [1.54, 1.807) is 16.9 Å². The Hall–Kier alpha value is -1.48. The van der Waals surface area contributed by atoms with Gasteiger partial charge in [0, 0.05) is 42.6 Å². The highest BCUT2D eigenvalue weighted by molar-refractivity contribution is 8.77. The molecule has 2 rings (SSSR count). The molecule has 0 spiro atoms. The van der Waals surface area contributed by atoms with E-state index in [1.807, 2.05) is 24.3 Å². The normalized spacial score (nSPS) is 19.9. The number of carbonyl (C=O) groups is 3. The molecule has 1 amide bonds. The van der Waals surface area contributed by atoms with Gasteiger partial charge in [0.2, 0.25) is 5.91 Å². The SMILES string of the molecule is CC(=O)N[C@@H](CSSC1CCN(Cc2ccccc2Cl)C/C1=C/C=O)C(=O)O. The number of aldehydes is 1. The van der Waals surface area contributed by atoms with Gasteiger partial charge in [-0.05, 0) is 29.7 Å². The van der Waals surface area contributed by atoms with E-state index >= 15 is 0 Å². The van der Waals surface area contributed by atoms with Crippen molar-refractivity contribution in [1.29, 1.82) is 0 Å². The van der Waals surface area contributed by atoms with Crippen LogP contribution in [0, 0.1) is 0 Å². The molecule has 1 fully saturated rings. The standard InChI is InChI=1S/C19H23ClN2O4S2/c1-13(24)21-17(19(25)26)12-27-28-18-6-8-22(11-15(18)7-9-23)10-14-4-2-3-5-16(14)20/h2-5,7,9,17-18H,6,8,10-12H2,1H3,(H,21,24)(H,25,26)/b15-7-/t17-,18?/m0/s1. The maximum absolute atomic E-state index is 11.2. The second-order valence-corrected chi connectivity index (χ2v) is 9.45. The number of amides is 1. The molecule has 0 aromatic heterocycles. The first kappa shape index (κ1) is 22.8. The lowest BCUT2D eigenvalue weighted by atomic mass is 10.0. The van der Waals surface area contributed by atoms with Gasteiger partial charge in [-0.2, -0.15) is 0 Å². The van der Waals surface area contributed by atoms with Crippen LogP contribution in [0.25, 0.3) is 0 Å². The number of rotatable bonds is 9. The third-order valence-corrected chi connectivity index (χ3v) is 7.51. The first-order chi connectivity index (χ1) is 13.4. The number of carbonyl (C=O) groups excluding carboxylic acids is 2. The Morgan fingerprint density at radius 2 is 2.18 bits per heavy atom. The molecule has 1 aliphatic rings. The second-order valence-electron chi connectivity index (χ2n) is 6.43. The maximum atomic E-state index is 11.2. The highest BCUT2D eigenvalue weighted by Gasteiger charge is 2.26. The molecule has 2 N–H and O–H groups in total. The lowest BCUT2D eigenvalue weighted by molar-refractivity contribution is -0.140. The van der Waals surface area contributed by atoms with Crippen LogP contribution in [0.1, 0.15) is 18.9 Å². The van der Waals surface area contributed by atoms with Crippen molar-refractivity contribution in [3.8, 4) is 0 Å². The summed E-state index contributed by atoms with van der Waals surface area (Å²) in [6, 6.07) is 6.79. The van der Waals surface area contributed by atoms with Crippen molar-refractivity contribution >= 4 is 51.4 Å². The van der Waals surface area contributed by atoms with Crippen LogP contribution in [0.4, 0.5) is 0 Å². The number of hydrogen-bond donors (Lipinski definition) is 2. The highest BCUT2D eigenvalue weighted by atomic mass is 35.5. The van der Waals surface area contributed by atoms with Crippen molar-refractivity contribution in [3.63, 3.8) is 0 Å². The van der Waals surface area contributed by atoms with Crippen LogP contribution >= 0.6 is 33.2 Å².